The molecule has 1 fully saturated rings. The maximum absolute atomic E-state index is 12.0. The van der Waals surface area contributed by atoms with Crippen LogP contribution in [0.3, 0.4) is 0 Å². The lowest BCUT2D eigenvalue weighted by molar-refractivity contribution is -0.141. The maximum Gasteiger partial charge on any atom is 0.308 e. The summed E-state index contributed by atoms with van der Waals surface area (Å²) < 4.78 is 0. The number of aliphatic carboxylic acids is 1. The second kappa shape index (κ2) is 5.21. The van der Waals surface area contributed by atoms with Gasteiger partial charge >= 0.3 is 5.97 Å². The second-order valence-corrected chi connectivity index (χ2v) is 5.32. The van der Waals surface area contributed by atoms with E-state index in [9.17, 15) is 9.59 Å². The van der Waals surface area contributed by atoms with E-state index in [2.05, 4.69) is 10.2 Å². The number of carboxylic acids is 1. The summed E-state index contributed by atoms with van der Waals surface area (Å²) in [6, 6.07) is 7.19. The van der Waals surface area contributed by atoms with Gasteiger partial charge in [0.15, 0.2) is 0 Å². The molecule has 0 spiro atoms. The third kappa shape index (κ3) is 2.50. The second-order valence-electron chi connectivity index (χ2n) is 4.89. The Labute approximate surface area is 125 Å². The van der Waals surface area contributed by atoms with Crippen molar-refractivity contribution in [3.05, 3.63) is 35.5 Å². The lowest BCUT2D eigenvalue weighted by Crippen LogP contribution is -2.26. The maximum atomic E-state index is 12.0. The average molecular weight is 306 g/mol. The van der Waals surface area contributed by atoms with Crippen molar-refractivity contribution >= 4 is 29.3 Å². The average Bonchev–Trinajstić information content (AvgIpc) is 3.04. The van der Waals surface area contributed by atoms with Crippen molar-refractivity contribution in [3.63, 3.8) is 0 Å². The van der Waals surface area contributed by atoms with Crippen LogP contribution in [-0.2, 0) is 9.59 Å². The zero-order chi connectivity index (χ0) is 15.0. The fraction of sp³-hybridized carbons (Fsp3) is 0.214. The van der Waals surface area contributed by atoms with Gasteiger partial charge in [-0.2, -0.15) is 5.10 Å². The Kier molecular flexibility index (Phi) is 3.39. The third-order valence-corrected chi connectivity index (χ3v) is 3.73. The molecule has 1 aromatic carbocycles. The molecule has 0 bridgehead atoms. The van der Waals surface area contributed by atoms with Crippen molar-refractivity contribution in [1.29, 1.82) is 0 Å². The van der Waals surface area contributed by atoms with E-state index in [1.165, 1.54) is 4.90 Å². The summed E-state index contributed by atoms with van der Waals surface area (Å²) >= 11 is 5.98. The molecule has 0 radical (unpaired) electrons. The van der Waals surface area contributed by atoms with E-state index in [4.69, 9.17) is 16.7 Å². The molecule has 1 atom stereocenters. The van der Waals surface area contributed by atoms with Gasteiger partial charge in [-0.1, -0.05) is 23.7 Å². The highest BCUT2D eigenvalue weighted by Gasteiger charge is 2.36. The van der Waals surface area contributed by atoms with Crippen LogP contribution in [0.25, 0.3) is 11.1 Å². The smallest absolute Gasteiger partial charge is 0.308 e. The number of carbonyl (C=O) groups excluding carboxylic acids is 1. The van der Waals surface area contributed by atoms with Crippen molar-refractivity contribution in [2.24, 2.45) is 5.92 Å². The van der Waals surface area contributed by atoms with Gasteiger partial charge in [0.1, 0.15) is 5.82 Å². The first-order valence-corrected chi connectivity index (χ1v) is 6.76. The summed E-state index contributed by atoms with van der Waals surface area (Å²) in [5.41, 5.74) is 1.54. The largest absolute Gasteiger partial charge is 0.481 e. The molecule has 2 heterocycles. The Morgan fingerprint density at radius 3 is 2.95 bits per heavy atom. The molecule has 1 unspecified atom stereocenters. The number of hydrogen-bond donors (Lipinski definition) is 2. The van der Waals surface area contributed by atoms with E-state index in [1.54, 1.807) is 24.4 Å². The molecular formula is C14H12ClN3O3. The molecule has 1 aliphatic rings. The van der Waals surface area contributed by atoms with E-state index < -0.39 is 11.9 Å². The van der Waals surface area contributed by atoms with Gasteiger partial charge in [0.2, 0.25) is 5.91 Å². The number of hydrogen-bond acceptors (Lipinski definition) is 3. The molecule has 6 nitrogen and oxygen atoms in total. The molecule has 21 heavy (non-hydrogen) atoms. The number of anilines is 1. The van der Waals surface area contributed by atoms with E-state index in [1.807, 2.05) is 6.07 Å². The quantitative estimate of drug-likeness (QED) is 0.910. The molecule has 1 aliphatic heterocycles. The lowest BCUT2D eigenvalue weighted by atomic mass is 10.1. The van der Waals surface area contributed by atoms with Crippen LogP contribution >= 0.6 is 11.6 Å². The van der Waals surface area contributed by atoms with Gasteiger partial charge in [-0.15, -0.1) is 0 Å². The van der Waals surface area contributed by atoms with E-state index >= 15 is 0 Å². The summed E-state index contributed by atoms with van der Waals surface area (Å²) in [6.45, 7) is 0.143. The highest BCUT2D eigenvalue weighted by atomic mass is 35.5. The zero-order valence-corrected chi connectivity index (χ0v) is 11.7. The van der Waals surface area contributed by atoms with Gasteiger partial charge < -0.3 is 5.11 Å². The van der Waals surface area contributed by atoms with Crippen molar-refractivity contribution in [2.75, 3.05) is 11.4 Å². The van der Waals surface area contributed by atoms with Crippen LogP contribution in [0.1, 0.15) is 6.42 Å². The number of nitrogens with zero attached hydrogens (tertiary/aromatic N) is 2. The SMILES string of the molecule is O=C(O)C1CC(=O)N(c2[nH]ncc2-c2cccc(Cl)c2)C1. The van der Waals surface area contributed by atoms with Crippen LogP contribution in [0.2, 0.25) is 5.02 Å². The van der Waals surface area contributed by atoms with E-state index in [-0.39, 0.29) is 18.9 Å². The van der Waals surface area contributed by atoms with Crippen LogP contribution in [0, 0.1) is 5.92 Å². The number of carbonyl (C=O) groups is 2. The van der Waals surface area contributed by atoms with Gasteiger partial charge in [0.05, 0.1) is 12.1 Å². The van der Waals surface area contributed by atoms with Crippen molar-refractivity contribution < 1.29 is 14.7 Å². The minimum absolute atomic E-state index is 0.00331. The van der Waals surface area contributed by atoms with Crippen LogP contribution in [0.4, 0.5) is 5.82 Å². The molecule has 3 rings (SSSR count). The van der Waals surface area contributed by atoms with Gasteiger partial charge in [-0.3, -0.25) is 19.6 Å². The number of carboxylic acid groups (broad SMARTS) is 1. The van der Waals surface area contributed by atoms with Gasteiger partial charge in [0.25, 0.3) is 0 Å². The summed E-state index contributed by atoms with van der Waals surface area (Å²) in [4.78, 5) is 24.5. The Morgan fingerprint density at radius 2 is 2.29 bits per heavy atom. The first-order valence-electron chi connectivity index (χ1n) is 6.38. The number of amides is 1. The predicted octanol–water partition coefficient (Wildman–Crippen LogP) is 2.17. The number of rotatable bonds is 3. The van der Waals surface area contributed by atoms with Crippen LogP contribution < -0.4 is 4.90 Å². The zero-order valence-electron chi connectivity index (χ0n) is 10.9. The molecule has 1 amide bonds. The van der Waals surface area contributed by atoms with Crippen LogP contribution in [0.5, 0.6) is 0 Å². The Balaban J connectivity index is 1.96. The first kappa shape index (κ1) is 13.6. The predicted molar refractivity (Wildman–Crippen MR) is 77.1 cm³/mol. The number of aromatic nitrogens is 2. The van der Waals surface area contributed by atoms with Crippen molar-refractivity contribution in [1.82, 2.24) is 10.2 Å². The Hall–Kier alpha value is -2.34. The summed E-state index contributed by atoms with van der Waals surface area (Å²) in [7, 11) is 0. The van der Waals surface area contributed by atoms with E-state index in [0.29, 0.717) is 10.8 Å². The number of benzene rings is 1. The van der Waals surface area contributed by atoms with Crippen molar-refractivity contribution in [2.45, 2.75) is 6.42 Å². The van der Waals surface area contributed by atoms with Crippen LogP contribution in [-0.4, -0.2) is 33.7 Å². The summed E-state index contributed by atoms with van der Waals surface area (Å²) in [5.74, 6) is -1.37. The lowest BCUT2D eigenvalue weighted by Gasteiger charge is -2.15. The normalized spacial score (nSPS) is 18.2. The Morgan fingerprint density at radius 1 is 1.48 bits per heavy atom. The molecule has 2 aromatic rings. The molecule has 1 saturated heterocycles. The molecule has 2 N–H and O–H groups in total. The summed E-state index contributed by atoms with van der Waals surface area (Å²) in [5, 5.41) is 16.4. The van der Waals surface area contributed by atoms with Crippen LogP contribution in [0.15, 0.2) is 30.5 Å². The molecule has 108 valence electrons. The number of aromatic amines is 1. The fourth-order valence-electron chi connectivity index (χ4n) is 2.44. The van der Waals surface area contributed by atoms with Gasteiger partial charge in [0, 0.05) is 23.6 Å². The van der Waals surface area contributed by atoms with E-state index in [0.717, 1.165) is 11.1 Å². The monoisotopic (exact) mass is 305 g/mol. The van der Waals surface area contributed by atoms with Gasteiger partial charge in [-0.05, 0) is 17.7 Å². The molecular weight excluding hydrogens is 294 g/mol. The first-order chi connectivity index (χ1) is 10.1. The highest BCUT2D eigenvalue weighted by molar-refractivity contribution is 6.30. The minimum atomic E-state index is -0.963. The number of nitrogens with one attached hydrogen (secondary N) is 1. The molecule has 0 saturated carbocycles. The topological polar surface area (TPSA) is 86.3 Å². The minimum Gasteiger partial charge on any atom is -0.481 e. The Bertz CT molecular complexity index is 713. The molecule has 0 aliphatic carbocycles. The number of halogens is 1. The fourth-order valence-corrected chi connectivity index (χ4v) is 2.63. The van der Waals surface area contributed by atoms with Gasteiger partial charge in [-0.25, -0.2) is 0 Å². The molecule has 7 heteroatoms. The van der Waals surface area contributed by atoms with Crippen molar-refractivity contribution in [3.8, 4) is 11.1 Å². The number of H-pyrrole nitrogens is 1. The highest BCUT2D eigenvalue weighted by Crippen LogP contribution is 2.33. The third-order valence-electron chi connectivity index (χ3n) is 3.50. The summed E-state index contributed by atoms with van der Waals surface area (Å²) in [6.07, 6.45) is 1.60. The molecule has 1 aromatic heterocycles. The standard InChI is InChI=1S/C14H12ClN3O3/c15-10-3-1-2-8(4-10)11-6-16-17-13(11)18-7-9(14(20)21)5-12(18)19/h1-4,6,9H,5,7H2,(H,16,17)(H,20,21).